The highest BCUT2D eigenvalue weighted by Gasteiger charge is 2.04. The molecule has 2 heterocycles. The van der Waals surface area contributed by atoms with E-state index in [2.05, 4.69) is 26.6 Å². The summed E-state index contributed by atoms with van der Waals surface area (Å²) in [6.45, 7) is 1.46. The largest absolute Gasteiger partial charge is 0.320 e. The van der Waals surface area contributed by atoms with Crippen molar-refractivity contribution in [1.82, 2.24) is 25.1 Å². The summed E-state index contributed by atoms with van der Waals surface area (Å²) < 4.78 is 3.14. The molecule has 6 heteroatoms. The smallest absolute Gasteiger partial charge is 0.146 e. The molecule has 18 heavy (non-hydrogen) atoms. The molecule has 92 valence electrons. The number of nitrogens with zero attached hydrogens (tertiary/aromatic N) is 4. The van der Waals surface area contributed by atoms with Crippen molar-refractivity contribution in [3.63, 3.8) is 0 Å². The van der Waals surface area contributed by atoms with Crippen LogP contribution in [0.25, 0.3) is 10.2 Å². The first-order chi connectivity index (χ1) is 8.83. The Morgan fingerprint density at radius 1 is 1.28 bits per heavy atom. The molecule has 1 N–H and O–H groups in total. The molecule has 1 aromatic carbocycles. The van der Waals surface area contributed by atoms with Gasteiger partial charge < -0.3 is 9.88 Å². The van der Waals surface area contributed by atoms with E-state index in [4.69, 9.17) is 0 Å². The second-order valence-corrected chi connectivity index (χ2v) is 5.15. The third kappa shape index (κ3) is 2.25. The number of hydrogen-bond acceptors (Lipinski definition) is 5. The highest BCUT2D eigenvalue weighted by Crippen LogP contribution is 2.21. The number of aryl methyl sites for hydroxylation is 1. The van der Waals surface area contributed by atoms with Gasteiger partial charge in [-0.25, -0.2) is 4.98 Å². The maximum Gasteiger partial charge on any atom is 0.146 e. The Hall–Kier alpha value is -1.79. The highest BCUT2D eigenvalue weighted by atomic mass is 32.1. The van der Waals surface area contributed by atoms with Gasteiger partial charge in [-0.05, 0) is 12.1 Å². The van der Waals surface area contributed by atoms with E-state index in [9.17, 15) is 0 Å². The first-order valence-corrected chi connectivity index (χ1v) is 6.52. The van der Waals surface area contributed by atoms with Crippen LogP contribution in [-0.4, -0.2) is 19.7 Å². The van der Waals surface area contributed by atoms with Crippen LogP contribution in [0.4, 0.5) is 0 Å². The van der Waals surface area contributed by atoms with Crippen LogP contribution in [0.3, 0.4) is 0 Å². The molecule has 0 saturated heterocycles. The molecule has 0 radical (unpaired) electrons. The van der Waals surface area contributed by atoms with Gasteiger partial charge in [-0.15, -0.1) is 21.5 Å². The number of aromatic nitrogens is 4. The molecule has 0 spiro atoms. The van der Waals surface area contributed by atoms with Crippen molar-refractivity contribution in [3.8, 4) is 0 Å². The summed E-state index contributed by atoms with van der Waals surface area (Å²) in [6, 6.07) is 8.19. The molecule has 3 rings (SSSR count). The molecule has 0 unspecified atom stereocenters. The van der Waals surface area contributed by atoms with Gasteiger partial charge in [-0.1, -0.05) is 12.1 Å². The normalized spacial score (nSPS) is 11.2. The van der Waals surface area contributed by atoms with E-state index in [1.807, 2.05) is 29.8 Å². The van der Waals surface area contributed by atoms with Gasteiger partial charge in [0, 0.05) is 13.6 Å². The lowest BCUT2D eigenvalue weighted by molar-refractivity contribution is 0.636. The minimum atomic E-state index is 0.701. The third-order valence-corrected chi connectivity index (χ3v) is 3.74. The maximum atomic E-state index is 4.57. The lowest BCUT2D eigenvalue weighted by Gasteiger charge is -2.01. The number of hydrogen-bond donors (Lipinski definition) is 1. The Labute approximate surface area is 109 Å². The van der Waals surface area contributed by atoms with Crippen molar-refractivity contribution in [1.29, 1.82) is 0 Å². The Morgan fingerprint density at radius 3 is 2.94 bits per heavy atom. The summed E-state index contributed by atoms with van der Waals surface area (Å²) in [5.74, 6) is 0.927. The van der Waals surface area contributed by atoms with E-state index in [0.717, 1.165) is 22.9 Å². The number of para-hydroxylation sites is 1. The number of thiazole rings is 1. The molecule has 3 aromatic rings. The zero-order chi connectivity index (χ0) is 12.4. The number of nitrogens with one attached hydrogen (secondary N) is 1. The second-order valence-electron chi connectivity index (χ2n) is 4.04. The van der Waals surface area contributed by atoms with E-state index < -0.39 is 0 Å². The molecule has 0 fully saturated rings. The fraction of sp³-hybridized carbons (Fsp3) is 0.250. The fourth-order valence-electron chi connectivity index (χ4n) is 1.74. The molecule has 0 bridgehead atoms. The minimum absolute atomic E-state index is 0.701. The van der Waals surface area contributed by atoms with E-state index in [1.54, 1.807) is 17.7 Å². The highest BCUT2D eigenvalue weighted by molar-refractivity contribution is 7.18. The lowest BCUT2D eigenvalue weighted by atomic mass is 10.3. The summed E-state index contributed by atoms with van der Waals surface area (Å²) in [4.78, 5) is 4.57. The minimum Gasteiger partial charge on any atom is -0.320 e. The average molecular weight is 259 g/mol. The number of rotatable bonds is 4. The van der Waals surface area contributed by atoms with Gasteiger partial charge in [0.1, 0.15) is 17.2 Å². The molecule has 0 aliphatic heterocycles. The Morgan fingerprint density at radius 2 is 2.17 bits per heavy atom. The van der Waals surface area contributed by atoms with Crippen LogP contribution in [-0.2, 0) is 20.1 Å². The lowest BCUT2D eigenvalue weighted by Crippen LogP contribution is -2.15. The Kier molecular flexibility index (Phi) is 3.04. The van der Waals surface area contributed by atoms with Gasteiger partial charge >= 0.3 is 0 Å². The summed E-state index contributed by atoms with van der Waals surface area (Å²) in [5, 5.41) is 12.3. The predicted molar refractivity (Wildman–Crippen MR) is 71.2 cm³/mol. The van der Waals surface area contributed by atoms with Gasteiger partial charge in [-0.2, -0.15) is 0 Å². The van der Waals surface area contributed by atoms with E-state index in [1.165, 1.54) is 4.70 Å². The zero-order valence-corrected chi connectivity index (χ0v) is 10.8. The molecule has 0 atom stereocenters. The predicted octanol–water partition coefficient (Wildman–Crippen LogP) is 1.71. The average Bonchev–Trinajstić information content (AvgIpc) is 2.96. The van der Waals surface area contributed by atoms with E-state index in [0.29, 0.717) is 6.54 Å². The monoisotopic (exact) mass is 259 g/mol. The first-order valence-electron chi connectivity index (χ1n) is 5.71. The summed E-state index contributed by atoms with van der Waals surface area (Å²) in [5.41, 5.74) is 1.07. The molecular formula is C12H13N5S. The van der Waals surface area contributed by atoms with Crippen molar-refractivity contribution in [2.75, 3.05) is 0 Å². The van der Waals surface area contributed by atoms with Crippen molar-refractivity contribution in [3.05, 3.63) is 41.4 Å². The summed E-state index contributed by atoms with van der Waals surface area (Å²) >= 11 is 1.72. The standard InChI is InChI=1S/C12H13N5S/c1-17-8-14-16-11(17)6-13-7-12-15-9-4-2-3-5-10(9)18-12/h2-5,8,13H,6-7H2,1H3. The summed E-state index contributed by atoms with van der Waals surface area (Å²) in [7, 11) is 1.94. The molecule has 0 saturated carbocycles. The van der Waals surface area contributed by atoms with Crippen LogP contribution < -0.4 is 5.32 Å². The SMILES string of the molecule is Cn1cnnc1CNCc1nc2ccccc2s1. The zero-order valence-electron chi connectivity index (χ0n) is 10.00. The Bertz CT molecular complexity index is 624. The molecular weight excluding hydrogens is 246 g/mol. The van der Waals surface area contributed by atoms with Gasteiger partial charge in [0.05, 0.1) is 16.8 Å². The Balaban J connectivity index is 1.65. The van der Waals surface area contributed by atoms with Crippen LogP contribution in [0.2, 0.25) is 0 Å². The molecule has 2 aromatic heterocycles. The molecule has 0 amide bonds. The second kappa shape index (κ2) is 4.83. The van der Waals surface area contributed by atoms with Crippen LogP contribution >= 0.6 is 11.3 Å². The first kappa shape index (κ1) is 11.3. The van der Waals surface area contributed by atoms with Crippen molar-refractivity contribution in [2.45, 2.75) is 13.1 Å². The topological polar surface area (TPSA) is 55.6 Å². The quantitative estimate of drug-likeness (QED) is 0.775. The van der Waals surface area contributed by atoms with Crippen LogP contribution in [0, 0.1) is 0 Å². The van der Waals surface area contributed by atoms with Crippen molar-refractivity contribution < 1.29 is 0 Å². The third-order valence-electron chi connectivity index (χ3n) is 2.70. The van der Waals surface area contributed by atoms with Crippen LogP contribution in [0.1, 0.15) is 10.8 Å². The van der Waals surface area contributed by atoms with Gasteiger partial charge in [-0.3, -0.25) is 0 Å². The van der Waals surface area contributed by atoms with E-state index in [-0.39, 0.29) is 0 Å². The molecule has 5 nitrogen and oxygen atoms in total. The number of fused-ring (bicyclic) bond motifs is 1. The van der Waals surface area contributed by atoms with Gasteiger partial charge in [0.2, 0.25) is 0 Å². The maximum absolute atomic E-state index is 4.57. The molecule has 0 aliphatic carbocycles. The fourth-order valence-corrected chi connectivity index (χ4v) is 2.68. The number of benzene rings is 1. The van der Waals surface area contributed by atoms with Gasteiger partial charge in [0.15, 0.2) is 0 Å². The van der Waals surface area contributed by atoms with Crippen LogP contribution in [0.15, 0.2) is 30.6 Å². The van der Waals surface area contributed by atoms with E-state index >= 15 is 0 Å². The molecule has 0 aliphatic rings. The summed E-state index contributed by atoms with van der Waals surface area (Å²) in [6.07, 6.45) is 1.70. The van der Waals surface area contributed by atoms with Crippen LogP contribution in [0.5, 0.6) is 0 Å². The van der Waals surface area contributed by atoms with Crippen molar-refractivity contribution in [2.24, 2.45) is 7.05 Å². The van der Waals surface area contributed by atoms with Crippen molar-refractivity contribution >= 4 is 21.6 Å². The van der Waals surface area contributed by atoms with Gasteiger partial charge in [0.25, 0.3) is 0 Å².